The summed E-state index contributed by atoms with van der Waals surface area (Å²) in [6, 6.07) is 5.17. The second-order valence-corrected chi connectivity index (χ2v) is 2.78. The van der Waals surface area contributed by atoms with Gasteiger partial charge in [0.25, 0.3) is 0 Å². The Morgan fingerprint density at radius 3 is 2.85 bits per heavy atom. The molecule has 68 valence electrons. The maximum absolute atomic E-state index is 8.49. The lowest BCUT2D eigenvalue weighted by Gasteiger charge is -2.00. The third-order valence-corrected chi connectivity index (χ3v) is 1.64. The van der Waals surface area contributed by atoms with E-state index in [0.717, 1.165) is 5.56 Å². The predicted octanol–water partition coefficient (Wildman–Crippen LogP) is 1.69. The molecule has 2 nitrogen and oxygen atoms in total. The Hall–Kier alpha value is -1.17. The zero-order chi connectivity index (χ0) is 9.68. The van der Waals surface area contributed by atoms with Gasteiger partial charge in [0.05, 0.1) is 7.11 Å². The topological polar surface area (TPSA) is 29.5 Å². The Bertz CT molecular complexity index is 350. The molecule has 1 aromatic carbocycles. The summed E-state index contributed by atoms with van der Waals surface area (Å²) in [7, 11) is 1.56. The smallest absolute Gasteiger partial charge is 0.121 e. The van der Waals surface area contributed by atoms with Gasteiger partial charge in [-0.25, -0.2) is 0 Å². The highest BCUT2D eigenvalue weighted by atomic mass is 35.5. The lowest BCUT2D eigenvalue weighted by atomic mass is 10.2. The van der Waals surface area contributed by atoms with Crippen molar-refractivity contribution in [1.29, 1.82) is 0 Å². The van der Waals surface area contributed by atoms with E-state index >= 15 is 0 Å². The van der Waals surface area contributed by atoms with Crippen LogP contribution in [-0.2, 0) is 0 Å². The van der Waals surface area contributed by atoms with Gasteiger partial charge in [0.2, 0.25) is 0 Å². The van der Waals surface area contributed by atoms with Crippen LogP contribution in [0.4, 0.5) is 0 Å². The normalized spacial score (nSPS) is 8.85. The Labute approximate surface area is 82.1 Å². The molecule has 0 heterocycles. The molecule has 0 fully saturated rings. The van der Waals surface area contributed by atoms with E-state index in [1.165, 1.54) is 0 Å². The minimum absolute atomic E-state index is 0.158. The average molecular weight is 197 g/mol. The highest BCUT2D eigenvalue weighted by molar-refractivity contribution is 6.30. The molecule has 0 aromatic heterocycles. The molecule has 0 bridgehead atoms. The van der Waals surface area contributed by atoms with Crippen molar-refractivity contribution in [2.45, 2.75) is 0 Å². The number of halogens is 1. The second kappa shape index (κ2) is 4.76. The summed E-state index contributed by atoms with van der Waals surface area (Å²) >= 11 is 5.80. The highest BCUT2D eigenvalue weighted by Gasteiger charge is 1.96. The first-order chi connectivity index (χ1) is 6.26. The van der Waals surface area contributed by atoms with Crippen molar-refractivity contribution in [2.24, 2.45) is 0 Å². The fourth-order valence-corrected chi connectivity index (χ4v) is 1.12. The van der Waals surface area contributed by atoms with Crippen molar-refractivity contribution in [2.75, 3.05) is 13.7 Å². The van der Waals surface area contributed by atoms with Crippen molar-refractivity contribution >= 4 is 11.6 Å². The van der Waals surface area contributed by atoms with Crippen LogP contribution >= 0.6 is 11.6 Å². The van der Waals surface area contributed by atoms with Gasteiger partial charge >= 0.3 is 0 Å². The number of ether oxygens (including phenoxy) is 1. The first-order valence-electron chi connectivity index (χ1n) is 3.70. The lowest BCUT2D eigenvalue weighted by Crippen LogP contribution is -1.84. The van der Waals surface area contributed by atoms with Gasteiger partial charge in [-0.3, -0.25) is 0 Å². The van der Waals surface area contributed by atoms with E-state index < -0.39 is 0 Å². The number of aliphatic hydroxyl groups excluding tert-OH is 1. The van der Waals surface area contributed by atoms with Gasteiger partial charge in [0.1, 0.15) is 12.4 Å². The van der Waals surface area contributed by atoms with Crippen LogP contribution in [0.2, 0.25) is 5.02 Å². The van der Waals surface area contributed by atoms with Crippen LogP contribution in [-0.4, -0.2) is 18.8 Å². The van der Waals surface area contributed by atoms with Crippen molar-refractivity contribution in [3.05, 3.63) is 28.8 Å². The molecule has 0 aliphatic carbocycles. The minimum atomic E-state index is -0.158. The van der Waals surface area contributed by atoms with Gasteiger partial charge in [-0.2, -0.15) is 0 Å². The monoisotopic (exact) mass is 196 g/mol. The molecule has 0 atom stereocenters. The third kappa shape index (κ3) is 2.98. The van der Waals surface area contributed by atoms with Crippen LogP contribution < -0.4 is 4.74 Å². The van der Waals surface area contributed by atoms with E-state index in [-0.39, 0.29) is 6.61 Å². The van der Waals surface area contributed by atoms with E-state index in [1.54, 1.807) is 25.3 Å². The maximum Gasteiger partial charge on any atom is 0.121 e. The standard InChI is InChI=1S/C10H9ClO2/c1-13-10-6-8(3-2-4-12)5-9(11)7-10/h5-7,12H,4H2,1H3. The highest BCUT2D eigenvalue weighted by Crippen LogP contribution is 2.19. The molecular weight excluding hydrogens is 188 g/mol. The van der Waals surface area contributed by atoms with Crippen LogP contribution in [0.5, 0.6) is 5.75 Å². The van der Waals surface area contributed by atoms with E-state index in [1.807, 2.05) is 0 Å². The molecule has 0 radical (unpaired) electrons. The van der Waals surface area contributed by atoms with Gasteiger partial charge in [0.15, 0.2) is 0 Å². The third-order valence-electron chi connectivity index (χ3n) is 1.42. The van der Waals surface area contributed by atoms with Crippen molar-refractivity contribution in [1.82, 2.24) is 0 Å². The van der Waals surface area contributed by atoms with E-state index in [9.17, 15) is 0 Å². The van der Waals surface area contributed by atoms with E-state index in [0.29, 0.717) is 10.8 Å². The molecular formula is C10H9ClO2. The summed E-state index contributed by atoms with van der Waals surface area (Å²) in [6.07, 6.45) is 0. The van der Waals surface area contributed by atoms with Crippen LogP contribution in [0.15, 0.2) is 18.2 Å². The zero-order valence-electron chi connectivity index (χ0n) is 7.17. The maximum atomic E-state index is 8.49. The Morgan fingerprint density at radius 2 is 2.23 bits per heavy atom. The molecule has 0 saturated heterocycles. The van der Waals surface area contributed by atoms with Crippen LogP contribution in [0.1, 0.15) is 5.56 Å². The predicted molar refractivity (Wildman–Crippen MR) is 52.0 cm³/mol. The van der Waals surface area contributed by atoms with Crippen LogP contribution in [0.3, 0.4) is 0 Å². The number of hydrogen-bond donors (Lipinski definition) is 1. The summed E-state index contributed by atoms with van der Waals surface area (Å²) in [5, 5.41) is 9.06. The molecule has 0 aliphatic heterocycles. The lowest BCUT2D eigenvalue weighted by molar-refractivity contribution is 0.350. The largest absolute Gasteiger partial charge is 0.497 e. The Balaban J connectivity index is 3.01. The molecule has 1 aromatic rings. The summed E-state index contributed by atoms with van der Waals surface area (Å²) in [5.41, 5.74) is 0.735. The van der Waals surface area contributed by atoms with Crippen LogP contribution in [0, 0.1) is 11.8 Å². The molecule has 1 N–H and O–H groups in total. The first-order valence-corrected chi connectivity index (χ1v) is 4.08. The molecule has 3 heteroatoms. The van der Waals surface area contributed by atoms with Crippen molar-refractivity contribution in [3.63, 3.8) is 0 Å². The number of rotatable bonds is 1. The summed E-state index contributed by atoms with van der Waals surface area (Å²) in [5.74, 6) is 5.94. The van der Waals surface area contributed by atoms with Gasteiger partial charge in [-0.15, -0.1) is 0 Å². The summed E-state index contributed by atoms with van der Waals surface area (Å²) in [4.78, 5) is 0. The number of aliphatic hydroxyl groups is 1. The van der Waals surface area contributed by atoms with Gasteiger partial charge in [-0.1, -0.05) is 23.4 Å². The first kappa shape index (κ1) is 9.91. The molecule has 0 saturated carbocycles. The zero-order valence-corrected chi connectivity index (χ0v) is 7.93. The van der Waals surface area contributed by atoms with Gasteiger partial charge in [0, 0.05) is 10.6 Å². The van der Waals surface area contributed by atoms with E-state index in [2.05, 4.69) is 11.8 Å². The Kier molecular flexibility index (Phi) is 3.63. The quantitative estimate of drug-likeness (QED) is 0.693. The van der Waals surface area contributed by atoms with E-state index in [4.69, 9.17) is 21.4 Å². The second-order valence-electron chi connectivity index (χ2n) is 2.34. The molecule has 0 unspecified atom stereocenters. The SMILES string of the molecule is COc1cc(Cl)cc(C#CCO)c1. The molecule has 0 amide bonds. The van der Waals surface area contributed by atoms with Crippen molar-refractivity contribution in [3.8, 4) is 17.6 Å². The van der Waals surface area contributed by atoms with Gasteiger partial charge < -0.3 is 9.84 Å². The summed E-state index contributed by atoms with van der Waals surface area (Å²) < 4.78 is 5.00. The molecule has 13 heavy (non-hydrogen) atoms. The van der Waals surface area contributed by atoms with Gasteiger partial charge in [-0.05, 0) is 18.2 Å². The number of benzene rings is 1. The summed E-state index contributed by atoms with van der Waals surface area (Å²) in [6.45, 7) is -0.158. The number of methoxy groups -OCH3 is 1. The molecule has 1 rings (SSSR count). The minimum Gasteiger partial charge on any atom is -0.497 e. The fourth-order valence-electron chi connectivity index (χ4n) is 0.894. The molecule has 0 aliphatic rings. The number of hydrogen-bond acceptors (Lipinski definition) is 2. The Morgan fingerprint density at radius 1 is 1.46 bits per heavy atom. The van der Waals surface area contributed by atoms with Crippen molar-refractivity contribution < 1.29 is 9.84 Å². The fraction of sp³-hybridized carbons (Fsp3) is 0.200. The molecule has 0 spiro atoms. The average Bonchev–Trinajstić information content (AvgIpc) is 2.14. The van der Waals surface area contributed by atoms with Crippen LogP contribution in [0.25, 0.3) is 0 Å².